The molecule has 0 aromatic rings. The largest absolute Gasteiger partial charge is 0.347 e. The van der Waals surface area contributed by atoms with Crippen molar-refractivity contribution in [1.82, 2.24) is 0 Å². The lowest BCUT2D eigenvalue weighted by Gasteiger charge is -2.17. The molecule has 0 atom stereocenters. The summed E-state index contributed by atoms with van der Waals surface area (Å²) < 4.78 is 4.91. The molecule has 0 amide bonds. The van der Waals surface area contributed by atoms with E-state index in [1.54, 1.807) is 0 Å². The van der Waals surface area contributed by atoms with Crippen molar-refractivity contribution in [2.75, 3.05) is 6.79 Å². The Labute approximate surface area is 49.1 Å². The zero-order valence-electron chi connectivity index (χ0n) is 5.47. The normalized spacial score (nSPS) is 12.0. The van der Waals surface area contributed by atoms with Crippen molar-refractivity contribution in [3.8, 4) is 0 Å². The van der Waals surface area contributed by atoms with Gasteiger partial charge in [-0.3, -0.25) is 0 Å². The van der Waals surface area contributed by atoms with Crippen LogP contribution in [0.3, 0.4) is 0 Å². The van der Waals surface area contributed by atoms with Crippen LogP contribution in [0.25, 0.3) is 0 Å². The van der Waals surface area contributed by atoms with Crippen molar-refractivity contribution in [3.05, 3.63) is 0 Å². The van der Waals surface area contributed by atoms with Gasteiger partial charge in [0.1, 0.15) is 0 Å². The summed E-state index contributed by atoms with van der Waals surface area (Å²) in [5, 5.41) is 7.80. The van der Waals surface area contributed by atoms with E-state index in [1.165, 1.54) is 0 Å². The molecule has 0 aliphatic heterocycles. The third-order valence-electron chi connectivity index (χ3n) is 0.545. The maximum Gasteiger partial charge on any atom is 0.181 e. The molecule has 0 aromatic carbocycles. The van der Waals surface area contributed by atoms with E-state index >= 15 is 0 Å². The van der Waals surface area contributed by atoms with Crippen LogP contribution in [0, 0.1) is 0 Å². The first-order valence-electron chi connectivity index (χ1n) is 2.46. The molecule has 0 saturated carbocycles. The first kappa shape index (κ1) is 7.88. The Kier molecular flexibility index (Phi) is 2.97. The average molecular weight is 120 g/mol. The lowest BCUT2D eigenvalue weighted by Crippen LogP contribution is -2.20. The van der Waals surface area contributed by atoms with Crippen LogP contribution in [0.1, 0.15) is 20.8 Å². The molecular formula is C5H12O3. The molecule has 0 rings (SSSR count). The molecule has 0 bridgehead atoms. The van der Waals surface area contributed by atoms with Gasteiger partial charge in [-0.1, -0.05) is 0 Å². The van der Waals surface area contributed by atoms with Crippen LogP contribution in [0.5, 0.6) is 0 Å². The van der Waals surface area contributed by atoms with Gasteiger partial charge in [-0.05, 0) is 20.8 Å². The maximum absolute atomic E-state index is 7.80. The minimum Gasteiger partial charge on any atom is -0.347 e. The van der Waals surface area contributed by atoms with Gasteiger partial charge in [0.15, 0.2) is 6.79 Å². The summed E-state index contributed by atoms with van der Waals surface area (Å²) in [6, 6.07) is 0. The van der Waals surface area contributed by atoms with Gasteiger partial charge in [0.25, 0.3) is 0 Å². The van der Waals surface area contributed by atoms with Crippen LogP contribution in [-0.4, -0.2) is 17.7 Å². The molecule has 0 radical (unpaired) electrons. The van der Waals surface area contributed by atoms with Gasteiger partial charge in [0.2, 0.25) is 0 Å². The van der Waals surface area contributed by atoms with Crippen LogP contribution >= 0.6 is 0 Å². The minimum atomic E-state index is -0.233. The highest BCUT2D eigenvalue weighted by molar-refractivity contribution is 4.55. The van der Waals surface area contributed by atoms with Crippen LogP contribution in [0.2, 0.25) is 0 Å². The second-order valence-corrected chi connectivity index (χ2v) is 2.50. The van der Waals surface area contributed by atoms with Crippen molar-refractivity contribution >= 4 is 0 Å². The summed E-state index contributed by atoms with van der Waals surface area (Å²) in [4.78, 5) is 3.70. The van der Waals surface area contributed by atoms with Crippen molar-refractivity contribution in [2.45, 2.75) is 26.4 Å². The number of ether oxygens (including phenoxy) is 1. The van der Waals surface area contributed by atoms with Gasteiger partial charge in [0, 0.05) is 0 Å². The van der Waals surface area contributed by atoms with Gasteiger partial charge in [0.05, 0.1) is 5.60 Å². The fraction of sp³-hybridized carbons (Fsp3) is 1.00. The molecule has 0 fully saturated rings. The zero-order valence-corrected chi connectivity index (χ0v) is 5.47. The van der Waals surface area contributed by atoms with E-state index in [9.17, 15) is 0 Å². The van der Waals surface area contributed by atoms with Crippen molar-refractivity contribution in [2.24, 2.45) is 0 Å². The summed E-state index contributed by atoms with van der Waals surface area (Å²) in [6.45, 7) is 5.58. The van der Waals surface area contributed by atoms with E-state index in [0.29, 0.717) is 0 Å². The van der Waals surface area contributed by atoms with Crippen molar-refractivity contribution in [1.29, 1.82) is 0 Å². The molecular weight excluding hydrogens is 108 g/mol. The molecule has 0 saturated heterocycles. The highest BCUT2D eigenvalue weighted by Gasteiger charge is 2.08. The van der Waals surface area contributed by atoms with E-state index in [1.807, 2.05) is 20.8 Å². The maximum atomic E-state index is 7.80. The summed E-state index contributed by atoms with van der Waals surface area (Å²) in [6.07, 6.45) is 0. The lowest BCUT2D eigenvalue weighted by molar-refractivity contribution is -0.311. The minimum absolute atomic E-state index is 0.0660. The molecule has 1 N–H and O–H groups in total. The number of hydrogen-bond donors (Lipinski definition) is 1. The topological polar surface area (TPSA) is 38.7 Å². The third kappa shape index (κ3) is 5.88. The van der Waals surface area contributed by atoms with Gasteiger partial charge < -0.3 is 4.74 Å². The summed E-state index contributed by atoms with van der Waals surface area (Å²) in [5.74, 6) is 0. The van der Waals surface area contributed by atoms with Gasteiger partial charge >= 0.3 is 0 Å². The van der Waals surface area contributed by atoms with Gasteiger partial charge in [-0.15, -0.1) is 0 Å². The van der Waals surface area contributed by atoms with E-state index < -0.39 is 0 Å². The fourth-order valence-electron chi connectivity index (χ4n) is 0.203. The Balaban J connectivity index is 3.11. The van der Waals surface area contributed by atoms with Crippen LogP contribution in [-0.2, 0) is 9.62 Å². The quantitative estimate of drug-likeness (QED) is 0.338. The van der Waals surface area contributed by atoms with Crippen molar-refractivity contribution < 1.29 is 14.9 Å². The Morgan fingerprint density at radius 2 is 1.88 bits per heavy atom. The summed E-state index contributed by atoms with van der Waals surface area (Å²) in [5.41, 5.74) is -0.233. The predicted molar refractivity (Wildman–Crippen MR) is 29.4 cm³/mol. The van der Waals surface area contributed by atoms with E-state index in [-0.39, 0.29) is 12.4 Å². The Bertz CT molecular complexity index is 55.2. The van der Waals surface area contributed by atoms with Crippen LogP contribution < -0.4 is 0 Å². The molecule has 8 heavy (non-hydrogen) atoms. The number of hydrogen-bond acceptors (Lipinski definition) is 3. The lowest BCUT2D eigenvalue weighted by atomic mass is 10.2. The van der Waals surface area contributed by atoms with Crippen LogP contribution in [0.15, 0.2) is 0 Å². The highest BCUT2D eigenvalue weighted by Crippen LogP contribution is 2.04. The molecule has 0 aliphatic carbocycles. The molecule has 3 nitrogen and oxygen atoms in total. The molecule has 0 aliphatic rings. The molecule has 0 spiro atoms. The third-order valence-corrected chi connectivity index (χ3v) is 0.545. The van der Waals surface area contributed by atoms with Gasteiger partial charge in [-0.25, -0.2) is 10.1 Å². The first-order chi connectivity index (χ1) is 3.56. The first-order valence-corrected chi connectivity index (χ1v) is 2.46. The summed E-state index contributed by atoms with van der Waals surface area (Å²) in [7, 11) is 0. The second-order valence-electron chi connectivity index (χ2n) is 2.50. The molecule has 0 unspecified atom stereocenters. The number of rotatable bonds is 2. The molecule has 50 valence electrons. The van der Waals surface area contributed by atoms with E-state index in [0.717, 1.165) is 0 Å². The van der Waals surface area contributed by atoms with E-state index in [2.05, 4.69) is 4.89 Å². The average Bonchev–Trinajstić information content (AvgIpc) is 1.59. The fourth-order valence-corrected chi connectivity index (χ4v) is 0.203. The zero-order chi connectivity index (χ0) is 6.62. The predicted octanol–water partition coefficient (Wildman–Crippen LogP) is 1.25. The van der Waals surface area contributed by atoms with E-state index in [4.69, 9.17) is 9.99 Å². The Morgan fingerprint density at radius 1 is 1.38 bits per heavy atom. The Morgan fingerprint density at radius 3 is 2.00 bits per heavy atom. The van der Waals surface area contributed by atoms with Gasteiger partial charge in [-0.2, -0.15) is 0 Å². The monoisotopic (exact) mass is 120 g/mol. The Hall–Kier alpha value is -0.120. The molecule has 0 aromatic heterocycles. The smallest absolute Gasteiger partial charge is 0.181 e. The molecule has 3 heteroatoms. The van der Waals surface area contributed by atoms with Crippen molar-refractivity contribution in [3.63, 3.8) is 0 Å². The summed E-state index contributed by atoms with van der Waals surface area (Å²) >= 11 is 0. The second kappa shape index (κ2) is 3.02. The van der Waals surface area contributed by atoms with Crippen LogP contribution in [0.4, 0.5) is 0 Å². The molecule has 0 heterocycles. The standard InChI is InChI=1S/C5H12O3/c1-5(2,3)7-4-8-6/h6H,4H2,1-3H3. The SMILES string of the molecule is CC(C)(C)OCOO. The highest BCUT2D eigenvalue weighted by atomic mass is 17.1.